The molecule has 1 aromatic heterocycles. The molecule has 0 radical (unpaired) electrons. The molecule has 2 aliphatic heterocycles. The Morgan fingerprint density at radius 1 is 1.44 bits per heavy atom. The zero-order valence-corrected chi connectivity index (χ0v) is 10.8. The van der Waals surface area contributed by atoms with Crippen molar-refractivity contribution in [2.45, 2.75) is 25.8 Å². The zero-order valence-electron chi connectivity index (χ0n) is 10.8. The van der Waals surface area contributed by atoms with E-state index in [1.165, 1.54) is 12.8 Å². The van der Waals surface area contributed by atoms with Crippen LogP contribution in [0.25, 0.3) is 0 Å². The Balaban J connectivity index is 1.73. The van der Waals surface area contributed by atoms with Crippen LogP contribution in [0.4, 0.5) is 5.82 Å². The lowest BCUT2D eigenvalue weighted by Gasteiger charge is -2.24. The van der Waals surface area contributed by atoms with Gasteiger partial charge in [-0.05, 0) is 32.2 Å². The third kappa shape index (κ3) is 2.27. The van der Waals surface area contributed by atoms with Crippen molar-refractivity contribution in [2.24, 2.45) is 5.92 Å². The van der Waals surface area contributed by atoms with Gasteiger partial charge in [0.25, 0.3) is 0 Å². The molecule has 18 heavy (non-hydrogen) atoms. The van der Waals surface area contributed by atoms with Gasteiger partial charge >= 0.3 is 0 Å². The van der Waals surface area contributed by atoms with Gasteiger partial charge in [-0.25, -0.2) is 0 Å². The Kier molecular flexibility index (Phi) is 3.32. The van der Waals surface area contributed by atoms with Gasteiger partial charge in [-0.2, -0.15) is 4.98 Å². The Morgan fingerprint density at radius 2 is 2.39 bits per heavy atom. The van der Waals surface area contributed by atoms with Gasteiger partial charge in [0.15, 0.2) is 5.82 Å². The van der Waals surface area contributed by atoms with Crippen LogP contribution in [0.3, 0.4) is 0 Å². The molecule has 2 saturated heterocycles. The van der Waals surface area contributed by atoms with Crippen LogP contribution < -0.4 is 15.0 Å². The van der Waals surface area contributed by atoms with E-state index < -0.39 is 0 Å². The molecule has 3 heterocycles. The highest BCUT2D eigenvalue weighted by atomic mass is 16.5. The second-order valence-corrected chi connectivity index (χ2v) is 5.02. The van der Waals surface area contributed by atoms with Crippen LogP contribution in [-0.2, 0) is 0 Å². The van der Waals surface area contributed by atoms with Gasteiger partial charge < -0.3 is 15.0 Å². The molecule has 0 amide bonds. The van der Waals surface area contributed by atoms with Gasteiger partial charge in [0.2, 0.25) is 5.88 Å². The molecular formula is C13H20N4O. The predicted octanol–water partition coefficient (Wildman–Crippen LogP) is 1.06. The fraction of sp³-hybridized carbons (Fsp3) is 0.692. The number of fused-ring (bicyclic) bond motifs is 1. The van der Waals surface area contributed by atoms with Crippen LogP contribution in [0.5, 0.6) is 5.88 Å². The van der Waals surface area contributed by atoms with Gasteiger partial charge in [0, 0.05) is 19.1 Å². The van der Waals surface area contributed by atoms with E-state index in [9.17, 15) is 0 Å². The number of aromatic nitrogens is 2. The van der Waals surface area contributed by atoms with Crippen molar-refractivity contribution < 1.29 is 4.74 Å². The first-order chi connectivity index (χ1) is 8.86. The molecule has 2 atom stereocenters. The van der Waals surface area contributed by atoms with Crippen molar-refractivity contribution in [1.82, 2.24) is 15.3 Å². The first kappa shape index (κ1) is 11.7. The molecule has 1 aromatic rings. The van der Waals surface area contributed by atoms with Gasteiger partial charge in [-0.1, -0.05) is 0 Å². The first-order valence-corrected chi connectivity index (χ1v) is 6.80. The first-order valence-electron chi connectivity index (χ1n) is 6.80. The number of nitrogens with one attached hydrogen (secondary N) is 1. The molecule has 2 fully saturated rings. The number of ether oxygens (including phenoxy) is 1. The summed E-state index contributed by atoms with van der Waals surface area (Å²) in [6.45, 7) is 5.87. The van der Waals surface area contributed by atoms with Crippen LogP contribution in [0.1, 0.15) is 19.8 Å². The van der Waals surface area contributed by atoms with Crippen LogP contribution >= 0.6 is 0 Å². The molecule has 5 heteroatoms. The van der Waals surface area contributed by atoms with Crippen molar-refractivity contribution in [1.29, 1.82) is 0 Å². The fourth-order valence-corrected chi connectivity index (χ4v) is 2.94. The summed E-state index contributed by atoms with van der Waals surface area (Å²) < 4.78 is 5.41. The van der Waals surface area contributed by atoms with Crippen molar-refractivity contribution in [3.63, 3.8) is 0 Å². The minimum Gasteiger partial charge on any atom is -0.477 e. The van der Waals surface area contributed by atoms with Crippen LogP contribution in [0.2, 0.25) is 0 Å². The maximum Gasteiger partial charge on any atom is 0.234 e. The van der Waals surface area contributed by atoms with Crippen LogP contribution in [-0.4, -0.2) is 42.3 Å². The van der Waals surface area contributed by atoms with E-state index in [4.69, 9.17) is 4.74 Å². The molecule has 3 rings (SSSR count). The van der Waals surface area contributed by atoms with Gasteiger partial charge in [0.1, 0.15) is 0 Å². The Bertz CT molecular complexity index is 398. The highest BCUT2D eigenvalue weighted by Gasteiger charge is 2.34. The second kappa shape index (κ2) is 5.10. The largest absolute Gasteiger partial charge is 0.477 e. The third-order valence-electron chi connectivity index (χ3n) is 3.82. The lowest BCUT2D eigenvalue weighted by molar-refractivity contribution is 0.325. The number of nitrogens with zero attached hydrogens (tertiary/aromatic N) is 3. The molecule has 0 bridgehead atoms. The second-order valence-electron chi connectivity index (χ2n) is 5.02. The SMILES string of the molecule is CCOc1cncc(N2C[C@@H]3CCCN[C@@H]3C2)n1. The van der Waals surface area contributed by atoms with Crippen molar-refractivity contribution >= 4 is 5.82 Å². The van der Waals surface area contributed by atoms with E-state index in [2.05, 4.69) is 20.2 Å². The zero-order chi connectivity index (χ0) is 12.4. The molecular weight excluding hydrogens is 228 g/mol. The molecule has 0 unspecified atom stereocenters. The summed E-state index contributed by atoms with van der Waals surface area (Å²) in [6.07, 6.45) is 6.13. The van der Waals surface area contributed by atoms with Gasteiger partial charge in [-0.15, -0.1) is 0 Å². The smallest absolute Gasteiger partial charge is 0.234 e. The van der Waals surface area contributed by atoms with Crippen molar-refractivity contribution in [3.05, 3.63) is 12.4 Å². The number of rotatable bonds is 3. The molecule has 0 spiro atoms. The lowest BCUT2D eigenvalue weighted by atomic mass is 9.94. The minimum atomic E-state index is 0.622. The van der Waals surface area contributed by atoms with E-state index in [-0.39, 0.29) is 0 Å². The predicted molar refractivity (Wildman–Crippen MR) is 69.9 cm³/mol. The normalized spacial score (nSPS) is 27.1. The molecule has 0 saturated carbocycles. The summed E-state index contributed by atoms with van der Waals surface area (Å²) in [5.74, 6) is 2.33. The number of piperidine rings is 1. The van der Waals surface area contributed by atoms with Crippen LogP contribution in [0, 0.1) is 5.92 Å². The maximum absolute atomic E-state index is 5.41. The molecule has 1 N–H and O–H groups in total. The Hall–Kier alpha value is -1.36. The lowest BCUT2D eigenvalue weighted by Crippen LogP contribution is -2.40. The molecule has 2 aliphatic rings. The monoisotopic (exact) mass is 248 g/mol. The maximum atomic E-state index is 5.41. The summed E-state index contributed by atoms with van der Waals surface area (Å²) in [4.78, 5) is 11.1. The van der Waals surface area contributed by atoms with E-state index >= 15 is 0 Å². The summed E-state index contributed by atoms with van der Waals surface area (Å²) in [7, 11) is 0. The van der Waals surface area contributed by atoms with E-state index in [1.54, 1.807) is 6.20 Å². The Labute approximate surface area is 108 Å². The average molecular weight is 248 g/mol. The number of hydrogen-bond donors (Lipinski definition) is 1. The number of anilines is 1. The summed E-state index contributed by atoms with van der Waals surface area (Å²) in [5.41, 5.74) is 0. The topological polar surface area (TPSA) is 50.3 Å². The minimum absolute atomic E-state index is 0.622. The molecule has 5 nitrogen and oxygen atoms in total. The summed E-state index contributed by atoms with van der Waals surface area (Å²) >= 11 is 0. The van der Waals surface area contributed by atoms with E-state index in [0.29, 0.717) is 18.5 Å². The molecule has 0 aliphatic carbocycles. The third-order valence-corrected chi connectivity index (χ3v) is 3.82. The highest BCUT2D eigenvalue weighted by molar-refractivity contribution is 5.40. The fourth-order valence-electron chi connectivity index (χ4n) is 2.94. The quantitative estimate of drug-likeness (QED) is 0.867. The number of hydrogen-bond acceptors (Lipinski definition) is 5. The molecule has 0 aromatic carbocycles. The highest BCUT2D eigenvalue weighted by Crippen LogP contribution is 2.28. The van der Waals surface area contributed by atoms with Gasteiger partial charge in [0.05, 0.1) is 19.0 Å². The summed E-state index contributed by atoms with van der Waals surface area (Å²) in [6, 6.07) is 0.622. The standard InChI is InChI=1S/C13H20N4O/c1-2-18-13-7-14-6-12(16-13)17-8-10-4-3-5-15-11(10)9-17/h6-7,10-11,15H,2-5,8-9H2,1H3/t10-,11+/m0/s1. The average Bonchev–Trinajstić information content (AvgIpc) is 2.83. The van der Waals surface area contributed by atoms with E-state index in [0.717, 1.165) is 31.4 Å². The molecule has 98 valence electrons. The Morgan fingerprint density at radius 3 is 3.22 bits per heavy atom. The van der Waals surface area contributed by atoms with Crippen LogP contribution in [0.15, 0.2) is 12.4 Å². The van der Waals surface area contributed by atoms with Gasteiger partial charge in [-0.3, -0.25) is 4.98 Å². The van der Waals surface area contributed by atoms with Crippen molar-refractivity contribution in [3.8, 4) is 5.88 Å². The van der Waals surface area contributed by atoms with Crippen molar-refractivity contribution in [2.75, 3.05) is 31.1 Å². The van der Waals surface area contributed by atoms with E-state index in [1.807, 2.05) is 13.1 Å². The summed E-state index contributed by atoms with van der Waals surface area (Å²) in [5, 5.41) is 3.60.